The lowest BCUT2D eigenvalue weighted by molar-refractivity contribution is -0.0652. The van der Waals surface area contributed by atoms with Crippen LogP contribution in [-0.2, 0) is 0 Å². The molecule has 0 radical (unpaired) electrons. The van der Waals surface area contributed by atoms with E-state index in [1.54, 1.807) is 6.07 Å². The van der Waals surface area contributed by atoms with Crippen LogP contribution in [0.25, 0.3) is 10.9 Å². The first-order valence-electron chi connectivity index (χ1n) is 7.25. The second-order valence-corrected chi connectivity index (χ2v) is 5.83. The van der Waals surface area contributed by atoms with Gasteiger partial charge in [-0.3, -0.25) is 0 Å². The monoisotopic (exact) mass is 324 g/mol. The van der Waals surface area contributed by atoms with Crippen molar-refractivity contribution >= 4 is 22.7 Å². The van der Waals surface area contributed by atoms with E-state index in [2.05, 4.69) is 4.98 Å². The Kier molecular flexibility index (Phi) is 3.66. The number of halogens is 3. The predicted octanol–water partition coefficient (Wildman–Crippen LogP) is 3.55. The molecule has 1 aliphatic heterocycles. The van der Waals surface area contributed by atoms with E-state index in [0.717, 1.165) is 0 Å². The maximum Gasteiger partial charge on any atom is 0.339 e. The standard InChI is InChI=1S/C16H15F3N2O2/c1-9-8-21(6-5-16(9,18)19)14-11(15(22)23)7-10-12(17)3-2-4-13(10)20-14/h2-4,7,9H,5-6,8H2,1H3,(H,22,23). The summed E-state index contributed by atoms with van der Waals surface area (Å²) in [5.74, 6) is -5.41. The number of carboxylic acid groups (broad SMARTS) is 1. The van der Waals surface area contributed by atoms with Gasteiger partial charge in [-0.1, -0.05) is 13.0 Å². The fraction of sp³-hybridized carbons (Fsp3) is 0.375. The first-order valence-corrected chi connectivity index (χ1v) is 7.25. The van der Waals surface area contributed by atoms with Crippen molar-refractivity contribution in [3.05, 3.63) is 35.6 Å². The molecule has 1 N–H and O–H groups in total. The number of carboxylic acids is 1. The number of alkyl halides is 2. The Labute approximate surface area is 130 Å². The van der Waals surface area contributed by atoms with Gasteiger partial charge in [0.1, 0.15) is 17.2 Å². The van der Waals surface area contributed by atoms with Gasteiger partial charge in [0.25, 0.3) is 5.92 Å². The topological polar surface area (TPSA) is 53.4 Å². The van der Waals surface area contributed by atoms with E-state index in [1.165, 1.54) is 30.0 Å². The molecular weight excluding hydrogens is 309 g/mol. The van der Waals surface area contributed by atoms with Crippen molar-refractivity contribution in [2.75, 3.05) is 18.0 Å². The average molecular weight is 324 g/mol. The third-order valence-electron chi connectivity index (χ3n) is 4.25. The molecule has 23 heavy (non-hydrogen) atoms. The third-order valence-corrected chi connectivity index (χ3v) is 4.25. The summed E-state index contributed by atoms with van der Waals surface area (Å²) in [6, 6.07) is 5.48. The molecule has 1 unspecified atom stereocenters. The van der Waals surface area contributed by atoms with Crippen molar-refractivity contribution in [1.82, 2.24) is 4.98 Å². The zero-order valence-electron chi connectivity index (χ0n) is 12.4. The minimum Gasteiger partial charge on any atom is -0.478 e. The quantitative estimate of drug-likeness (QED) is 0.918. The number of pyridine rings is 1. The SMILES string of the molecule is CC1CN(c2nc3cccc(F)c3cc2C(=O)O)CCC1(F)F. The molecule has 0 saturated carbocycles. The summed E-state index contributed by atoms with van der Waals surface area (Å²) in [6.07, 6.45) is -0.365. The minimum absolute atomic E-state index is 0.00109. The van der Waals surface area contributed by atoms with E-state index in [9.17, 15) is 23.1 Å². The van der Waals surface area contributed by atoms with Gasteiger partial charge in [-0.2, -0.15) is 0 Å². The van der Waals surface area contributed by atoms with Gasteiger partial charge in [-0.25, -0.2) is 22.9 Å². The fourth-order valence-electron chi connectivity index (χ4n) is 2.83. The second kappa shape index (κ2) is 5.40. The van der Waals surface area contributed by atoms with E-state index in [4.69, 9.17) is 0 Å². The average Bonchev–Trinajstić information content (AvgIpc) is 2.49. The molecular formula is C16H15F3N2O2. The van der Waals surface area contributed by atoms with Crippen molar-refractivity contribution in [1.29, 1.82) is 0 Å². The maximum atomic E-state index is 13.8. The number of piperidine rings is 1. The highest BCUT2D eigenvalue weighted by Gasteiger charge is 2.42. The number of hydrogen-bond acceptors (Lipinski definition) is 3. The maximum absolute atomic E-state index is 13.8. The van der Waals surface area contributed by atoms with E-state index < -0.39 is 23.6 Å². The second-order valence-electron chi connectivity index (χ2n) is 5.83. The number of benzene rings is 1. The summed E-state index contributed by atoms with van der Waals surface area (Å²) in [6.45, 7) is 1.43. The molecule has 0 amide bonds. The number of fused-ring (bicyclic) bond motifs is 1. The molecule has 1 saturated heterocycles. The molecule has 1 fully saturated rings. The normalized spacial score (nSPS) is 20.7. The van der Waals surface area contributed by atoms with Crippen LogP contribution in [0.2, 0.25) is 0 Å². The number of rotatable bonds is 2. The molecule has 2 aromatic rings. The van der Waals surface area contributed by atoms with Crippen LogP contribution in [0.15, 0.2) is 24.3 Å². The Hall–Kier alpha value is -2.31. The van der Waals surface area contributed by atoms with Gasteiger partial charge in [0, 0.05) is 30.8 Å². The predicted molar refractivity (Wildman–Crippen MR) is 79.6 cm³/mol. The van der Waals surface area contributed by atoms with Crippen LogP contribution in [0.5, 0.6) is 0 Å². The number of hydrogen-bond donors (Lipinski definition) is 1. The van der Waals surface area contributed by atoms with Gasteiger partial charge in [-0.05, 0) is 18.2 Å². The van der Waals surface area contributed by atoms with Crippen LogP contribution < -0.4 is 4.90 Å². The summed E-state index contributed by atoms with van der Waals surface area (Å²) in [7, 11) is 0. The molecule has 122 valence electrons. The van der Waals surface area contributed by atoms with Crippen LogP contribution in [0.3, 0.4) is 0 Å². The Morgan fingerprint density at radius 2 is 2.17 bits per heavy atom. The van der Waals surface area contributed by atoms with Crippen LogP contribution in [-0.4, -0.2) is 35.1 Å². The summed E-state index contributed by atoms with van der Waals surface area (Å²) in [5.41, 5.74) is 0.120. The molecule has 0 spiro atoms. The van der Waals surface area contributed by atoms with Crippen molar-refractivity contribution < 1.29 is 23.1 Å². The molecule has 1 aromatic heterocycles. The van der Waals surface area contributed by atoms with Crippen LogP contribution >= 0.6 is 0 Å². The van der Waals surface area contributed by atoms with E-state index >= 15 is 0 Å². The molecule has 1 aromatic carbocycles. The van der Waals surface area contributed by atoms with E-state index in [0.29, 0.717) is 5.52 Å². The van der Waals surface area contributed by atoms with Gasteiger partial charge < -0.3 is 10.0 Å². The zero-order chi connectivity index (χ0) is 16.8. The molecule has 1 aliphatic rings. The molecule has 0 bridgehead atoms. The first-order chi connectivity index (χ1) is 10.8. The summed E-state index contributed by atoms with van der Waals surface area (Å²) < 4.78 is 41.1. The van der Waals surface area contributed by atoms with Gasteiger partial charge in [-0.15, -0.1) is 0 Å². The smallest absolute Gasteiger partial charge is 0.339 e. The van der Waals surface area contributed by atoms with Crippen LogP contribution in [0, 0.1) is 11.7 Å². The number of nitrogens with zero attached hydrogens (tertiary/aromatic N) is 2. The first kappa shape index (κ1) is 15.6. The Balaban J connectivity index is 2.09. The molecule has 7 heteroatoms. The molecule has 4 nitrogen and oxygen atoms in total. The van der Waals surface area contributed by atoms with Crippen molar-refractivity contribution in [3.63, 3.8) is 0 Å². The Morgan fingerprint density at radius 1 is 1.43 bits per heavy atom. The molecule has 1 atom stereocenters. The van der Waals surface area contributed by atoms with Gasteiger partial charge in [0.05, 0.1) is 5.52 Å². The Bertz CT molecular complexity index is 779. The van der Waals surface area contributed by atoms with Gasteiger partial charge in [0.2, 0.25) is 0 Å². The number of aromatic nitrogens is 1. The lowest BCUT2D eigenvalue weighted by atomic mass is 9.95. The number of aromatic carboxylic acids is 1. The van der Waals surface area contributed by atoms with Gasteiger partial charge >= 0.3 is 5.97 Å². The summed E-state index contributed by atoms with van der Waals surface area (Å²) in [4.78, 5) is 17.3. The van der Waals surface area contributed by atoms with E-state index in [1.807, 2.05) is 0 Å². The largest absolute Gasteiger partial charge is 0.478 e. The highest BCUT2D eigenvalue weighted by molar-refractivity contribution is 5.98. The Morgan fingerprint density at radius 3 is 2.83 bits per heavy atom. The highest BCUT2D eigenvalue weighted by Crippen LogP contribution is 2.36. The van der Waals surface area contributed by atoms with Crippen molar-refractivity contribution in [3.8, 4) is 0 Å². The minimum atomic E-state index is -2.77. The number of carbonyl (C=O) groups is 1. The molecule has 3 rings (SSSR count). The molecule has 0 aliphatic carbocycles. The third kappa shape index (κ3) is 2.71. The number of anilines is 1. The van der Waals surface area contributed by atoms with Crippen molar-refractivity contribution in [2.24, 2.45) is 5.92 Å². The van der Waals surface area contributed by atoms with Crippen molar-refractivity contribution in [2.45, 2.75) is 19.3 Å². The highest BCUT2D eigenvalue weighted by atomic mass is 19.3. The summed E-state index contributed by atoms with van der Waals surface area (Å²) in [5, 5.41) is 9.48. The molecule has 2 heterocycles. The van der Waals surface area contributed by atoms with Crippen LogP contribution in [0.1, 0.15) is 23.7 Å². The fourth-order valence-corrected chi connectivity index (χ4v) is 2.83. The lowest BCUT2D eigenvalue weighted by Gasteiger charge is -2.37. The summed E-state index contributed by atoms with van der Waals surface area (Å²) >= 11 is 0. The van der Waals surface area contributed by atoms with Crippen LogP contribution in [0.4, 0.5) is 19.0 Å². The van der Waals surface area contributed by atoms with E-state index in [-0.39, 0.29) is 36.3 Å². The zero-order valence-corrected chi connectivity index (χ0v) is 12.4. The van der Waals surface area contributed by atoms with Gasteiger partial charge in [0.15, 0.2) is 0 Å². The lowest BCUT2D eigenvalue weighted by Crippen LogP contribution is -2.46.